The molecule has 1 unspecified atom stereocenters. The molecule has 3 rings (SSSR count). The molecule has 1 aromatic carbocycles. The van der Waals surface area contributed by atoms with Crippen LogP contribution in [0, 0.1) is 0 Å². The van der Waals surface area contributed by atoms with Crippen molar-refractivity contribution in [1.82, 2.24) is 10.2 Å². The van der Waals surface area contributed by atoms with Gasteiger partial charge in [0.1, 0.15) is 0 Å². The number of amides is 2. The fourth-order valence-electron chi connectivity index (χ4n) is 3.09. The monoisotopic (exact) mass is 348 g/mol. The maximum atomic E-state index is 12.6. The Balaban J connectivity index is 1.56. The predicted molar refractivity (Wildman–Crippen MR) is 91.9 cm³/mol. The van der Waals surface area contributed by atoms with E-state index in [1.54, 1.807) is 4.90 Å². The van der Waals surface area contributed by atoms with Crippen LogP contribution in [0.2, 0.25) is 5.02 Å². The van der Waals surface area contributed by atoms with Crippen LogP contribution >= 0.6 is 11.6 Å². The van der Waals surface area contributed by atoms with Gasteiger partial charge in [0.25, 0.3) is 0 Å². The van der Waals surface area contributed by atoms with Crippen LogP contribution in [-0.2, 0) is 19.7 Å². The van der Waals surface area contributed by atoms with E-state index in [0.717, 1.165) is 18.4 Å². The maximum Gasteiger partial charge on any atom is 0.246 e. The number of rotatable bonds is 5. The first-order valence-corrected chi connectivity index (χ1v) is 8.50. The lowest BCUT2D eigenvalue weighted by atomic mass is 9.95. The van der Waals surface area contributed by atoms with Gasteiger partial charge in [-0.25, -0.2) is 0 Å². The number of carbonyl (C=O) groups is 2. The zero-order chi connectivity index (χ0) is 17.2. The first-order valence-electron chi connectivity index (χ1n) is 8.12. The second-order valence-electron chi connectivity index (χ2n) is 6.28. The Morgan fingerprint density at radius 3 is 2.71 bits per heavy atom. The number of carbonyl (C=O) groups excluding carboxylic acids is 2. The van der Waals surface area contributed by atoms with E-state index in [-0.39, 0.29) is 17.9 Å². The number of hydrogen-bond acceptors (Lipinski definition) is 3. The van der Waals surface area contributed by atoms with Crippen molar-refractivity contribution in [3.63, 3.8) is 0 Å². The zero-order valence-electron chi connectivity index (χ0n) is 13.5. The summed E-state index contributed by atoms with van der Waals surface area (Å²) in [6.45, 7) is 5.41. The molecule has 0 bridgehead atoms. The van der Waals surface area contributed by atoms with Crippen LogP contribution in [0.4, 0.5) is 0 Å². The van der Waals surface area contributed by atoms with Gasteiger partial charge in [-0.1, -0.05) is 30.3 Å². The van der Waals surface area contributed by atoms with E-state index in [0.29, 0.717) is 31.3 Å². The van der Waals surface area contributed by atoms with Crippen molar-refractivity contribution in [2.24, 2.45) is 0 Å². The summed E-state index contributed by atoms with van der Waals surface area (Å²) in [6.07, 6.45) is 2.80. The quantitative estimate of drug-likeness (QED) is 0.827. The third-order valence-corrected chi connectivity index (χ3v) is 4.95. The summed E-state index contributed by atoms with van der Waals surface area (Å²) >= 11 is 5.92. The molecule has 0 aromatic heterocycles. The number of benzene rings is 1. The van der Waals surface area contributed by atoms with Gasteiger partial charge < -0.3 is 15.0 Å². The van der Waals surface area contributed by atoms with Gasteiger partial charge >= 0.3 is 0 Å². The normalized spacial score (nSPS) is 21.9. The van der Waals surface area contributed by atoms with Crippen LogP contribution in [0.1, 0.15) is 18.4 Å². The second kappa shape index (κ2) is 6.95. The molecule has 1 heterocycles. The second-order valence-corrected chi connectivity index (χ2v) is 6.72. The average molecular weight is 349 g/mol. The average Bonchev–Trinajstić information content (AvgIpc) is 3.41. The van der Waals surface area contributed by atoms with Gasteiger partial charge in [0.2, 0.25) is 11.8 Å². The van der Waals surface area contributed by atoms with E-state index < -0.39 is 5.41 Å². The molecule has 1 saturated carbocycles. The van der Waals surface area contributed by atoms with Crippen LogP contribution < -0.4 is 5.32 Å². The SMILES string of the molecule is C=CC(=O)N1CCOC(CNC(=O)C2(c3ccc(Cl)cc3)CC2)C1. The van der Waals surface area contributed by atoms with Crippen molar-refractivity contribution in [2.45, 2.75) is 24.4 Å². The number of ether oxygens (including phenoxy) is 1. The molecule has 2 amide bonds. The standard InChI is InChI=1S/C18H21ClN2O3/c1-2-16(22)21-9-10-24-15(12-21)11-20-17(23)18(7-8-18)13-3-5-14(19)6-4-13/h2-6,15H,1,7-12H2,(H,20,23). The molecule has 6 heteroatoms. The minimum atomic E-state index is -0.435. The van der Waals surface area contributed by atoms with Crippen LogP contribution in [0.5, 0.6) is 0 Å². The van der Waals surface area contributed by atoms with E-state index in [2.05, 4.69) is 11.9 Å². The van der Waals surface area contributed by atoms with Crippen molar-refractivity contribution >= 4 is 23.4 Å². The van der Waals surface area contributed by atoms with Crippen molar-refractivity contribution < 1.29 is 14.3 Å². The van der Waals surface area contributed by atoms with Crippen LogP contribution in [0.25, 0.3) is 0 Å². The summed E-state index contributed by atoms with van der Waals surface area (Å²) in [5.41, 5.74) is 0.563. The van der Waals surface area contributed by atoms with E-state index >= 15 is 0 Å². The van der Waals surface area contributed by atoms with Crippen molar-refractivity contribution in [3.8, 4) is 0 Å². The lowest BCUT2D eigenvalue weighted by molar-refractivity contribution is -0.133. The molecular weight excluding hydrogens is 328 g/mol. The van der Waals surface area contributed by atoms with E-state index in [1.807, 2.05) is 24.3 Å². The number of halogens is 1. The molecule has 1 aliphatic carbocycles. The van der Waals surface area contributed by atoms with Crippen molar-refractivity contribution in [3.05, 3.63) is 47.5 Å². The molecule has 0 radical (unpaired) electrons. The summed E-state index contributed by atoms with van der Waals surface area (Å²) < 4.78 is 5.65. The molecule has 2 aliphatic rings. The smallest absolute Gasteiger partial charge is 0.246 e. The Labute approximate surface area is 146 Å². The maximum absolute atomic E-state index is 12.6. The summed E-state index contributed by atoms with van der Waals surface area (Å²) in [5, 5.41) is 3.65. The molecule has 1 atom stereocenters. The highest BCUT2D eigenvalue weighted by molar-refractivity contribution is 6.30. The topological polar surface area (TPSA) is 58.6 Å². The molecule has 1 aliphatic heterocycles. The third-order valence-electron chi connectivity index (χ3n) is 4.70. The van der Waals surface area contributed by atoms with Crippen molar-refractivity contribution in [2.75, 3.05) is 26.2 Å². The first kappa shape index (κ1) is 17.0. The predicted octanol–water partition coefficient (Wildman–Crippen LogP) is 1.90. The van der Waals surface area contributed by atoms with Crippen LogP contribution in [0.3, 0.4) is 0 Å². The summed E-state index contributed by atoms with van der Waals surface area (Å²) in [7, 11) is 0. The van der Waals surface area contributed by atoms with E-state index in [1.165, 1.54) is 6.08 Å². The number of hydrogen-bond donors (Lipinski definition) is 1. The minimum absolute atomic E-state index is 0.0144. The van der Waals surface area contributed by atoms with Crippen LogP contribution in [-0.4, -0.2) is 49.1 Å². The van der Waals surface area contributed by atoms with E-state index in [4.69, 9.17) is 16.3 Å². The number of nitrogens with one attached hydrogen (secondary N) is 1. The number of morpholine rings is 1. The van der Waals surface area contributed by atoms with Gasteiger partial charge in [0.15, 0.2) is 0 Å². The molecule has 1 aromatic rings. The highest BCUT2D eigenvalue weighted by Gasteiger charge is 2.51. The van der Waals surface area contributed by atoms with Gasteiger partial charge in [0, 0.05) is 24.7 Å². The lowest BCUT2D eigenvalue weighted by Crippen LogP contribution is -2.50. The largest absolute Gasteiger partial charge is 0.373 e. The highest BCUT2D eigenvalue weighted by Crippen LogP contribution is 2.48. The molecule has 1 saturated heterocycles. The Morgan fingerprint density at radius 1 is 1.38 bits per heavy atom. The molecule has 0 spiro atoms. The fourth-order valence-corrected chi connectivity index (χ4v) is 3.21. The molecule has 1 N–H and O–H groups in total. The zero-order valence-corrected chi connectivity index (χ0v) is 14.2. The lowest BCUT2D eigenvalue weighted by Gasteiger charge is -2.32. The molecule has 2 fully saturated rings. The van der Waals surface area contributed by atoms with E-state index in [9.17, 15) is 9.59 Å². The number of nitrogens with zero attached hydrogens (tertiary/aromatic N) is 1. The fraction of sp³-hybridized carbons (Fsp3) is 0.444. The summed E-state index contributed by atoms with van der Waals surface area (Å²) in [4.78, 5) is 26.0. The summed E-state index contributed by atoms with van der Waals surface area (Å²) in [6, 6.07) is 7.45. The highest BCUT2D eigenvalue weighted by atomic mass is 35.5. The minimum Gasteiger partial charge on any atom is -0.373 e. The van der Waals surface area contributed by atoms with Gasteiger partial charge in [-0.2, -0.15) is 0 Å². The molecule has 128 valence electrons. The van der Waals surface area contributed by atoms with Gasteiger partial charge in [-0.15, -0.1) is 0 Å². The van der Waals surface area contributed by atoms with Gasteiger partial charge in [-0.05, 0) is 36.6 Å². The first-order chi connectivity index (χ1) is 11.5. The Kier molecular flexibility index (Phi) is 4.92. The van der Waals surface area contributed by atoms with Crippen molar-refractivity contribution in [1.29, 1.82) is 0 Å². The molecule has 24 heavy (non-hydrogen) atoms. The van der Waals surface area contributed by atoms with Gasteiger partial charge in [0.05, 0.1) is 18.1 Å². The van der Waals surface area contributed by atoms with Gasteiger partial charge in [-0.3, -0.25) is 9.59 Å². The Bertz CT molecular complexity index is 640. The Hall–Kier alpha value is -1.85. The third kappa shape index (κ3) is 3.47. The summed E-state index contributed by atoms with van der Waals surface area (Å²) in [5.74, 6) is -0.0879. The Morgan fingerprint density at radius 2 is 2.08 bits per heavy atom. The molecule has 5 nitrogen and oxygen atoms in total. The van der Waals surface area contributed by atoms with Crippen LogP contribution in [0.15, 0.2) is 36.9 Å². The molecular formula is C18H21ClN2O3.